The summed E-state index contributed by atoms with van der Waals surface area (Å²) < 4.78 is 13.1. The number of benzene rings is 1. The second-order valence-electron chi connectivity index (χ2n) is 7.24. The maximum Gasteiger partial charge on any atom is 0.203 e. The van der Waals surface area contributed by atoms with E-state index < -0.39 is 0 Å². The van der Waals surface area contributed by atoms with E-state index in [-0.39, 0.29) is 6.04 Å². The Balaban J connectivity index is 1.56. The fourth-order valence-electron chi connectivity index (χ4n) is 4.09. The molecule has 2 aliphatic rings. The molecule has 0 spiro atoms. The molecule has 3 heterocycles. The number of aromatic nitrogens is 4. The Kier molecular flexibility index (Phi) is 3.88. The number of rotatable bonds is 5. The Morgan fingerprint density at radius 3 is 2.74 bits per heavy atom. The second-order valence-corrected chi connectivity index (χ2v) is 7.24. The zero-order valence-electron chi connectivity index (χ0n) is 15.6. The van der Waals surface area contributed by atoms with Gasteiger partial charge in [-0.1, -0.05) is 0 Å². The molecule has 7 nitrogen and oxygen atoms in total. The minimum absolute atomic E-state index is 0.200. The summed E-state index contributed by atoms with van der Waals surface area (Å²) in [5.41, 5.74) is 2.00. The molecule has 140 valence electrons. The van der Waals surface area contributed by atoms with Crippen molar-refractivity contribution in [3.05, 3.63) is 42.0 Å². The van der Waals surface area contributed by atoms with Crippen molar-refractivity contribution in [3.63, 3.8) is 0 Å². The van der Waals surface area contributed by atoms with E-state index in [1.165, 1.54) is 12.8 Å². The minimum atomic E-state index is 0.200. The molecule has 0 amide bonds. The van der Waals surface area contributed by atoms with Crippen LogP contribution in [-0.2, 0) is 0 Å². The lowest BCUT2D eigenvalue weighted by Gasteiger charge is -2.27. The third-order valence-corrected chi connectivity index (χ3v) is 5.60. The molecule has 7 heteroatoms. The van der Waals surface area contributed by atoms with Crippen LogP contribution >= 0.6 is 0 Å². The van der Waals surface area contributed by atoms with E-state index in [1.807, 2.05) is 24.5 Å². The van der Waals surface area contributed by atoms with Crippen LogP contribution in [0.15, 0.2) is 30.6 Å². The number of hydrogen-bond donors (Lipinski definition) is 0. The largest absolute Gasteiger partial charge is 0.497 e. The van der Waals surface area contributed by atoms with Crippen LogP contribution < -0.4 is 14.4 Å². The first-order chi connectivity index (χ1) is 13.3. The molecule has 2 fully saturated rings. The molecule has 1 saturated heterocycles. The molecule has 27 heavy (non-hydrogen) atoms. The molecule has 0 bridgehead atoms. The maximum atomic E-state index is 5.66. The van der Waals surface area contributed by atoms with Crippen molar-refractivity contribution < 1.29 is 9.47 Å². The Hall–Kier alpha value is -2.83. The molecule has 0 radical (unpaired) electrons. The molecule has 1 unspecified atom stereocenters. The SMILES string of the molecule is COc1ccc(C2CCCN2c2nccn3c(C4CC4)nnc23)c(OC)c1. The van der Waals surface area contributed by atoms with E-state index in [9.17, 15) is 0 Å². The first-order valence-electron chi connectivity index (χ1n) is 9.48. The molecule has 1 saturated carbocycles. The van der Waals surface area contributed by atoms with Crippen LogP contribution in [-0.4, -0.2) is 40.3 Å². The molecular weight excluding hydrogens is 342 g/mol. The van der Waals surface area contributed by atoms with Gasteiger partial charge < -0.3 is 14.4 Å². The molecule has 1 aliphatic heterocycles. The summed E-state index contributed by atoms with van der Waals surface area (Å²) in [6.07, 6.45) is 8.40. The first kappa shape index (κ1) is 16.4. The summed E-state index contributed by atoms with van der Waals surface area (Å²) in [5, 5.41) is 8.93. The van der Waals surface area contributed by atoms with Gasteiger partial charge >= 0.3 is 0 Å². The highest BCUT2D eigenvalue weighted by molar-refractivity contribution is 5.66. The third kappa shape index (κ3) is 2.69. The Morgan fingerprint density at radius 1 is 1.07 bits per heavy atom. The molecule has 5 rings (SSSR count). The van der Waals surface area contributed by atoms with E-state index in [2.05, 4.69) is 30.5 Å². The monoisotopic (exact) mass is 365 g/mol. The number of ether oxygens (including phenoxy) is 2. The van der Waals surface area contributed by atoms with Gasteiger partial charge in [0.05, 0.1) is 20.3 Å². The van der Waals surface area contributed by atoms with E-state index in [1.54, 1.807) is 14.2 Å². The van der Waals surface area contributed by atoms with Crippen molar-refractivity contribution in [3.8, 4) is 11.5 Å². The molecule has 1 atom stereocenters. The lowest BCUT2D eigenvalue weighted by atomic mass is 10.0. The number of fused-ring (bicyclic) bond motifs is 1. The fourth-order valence-corrected chi connectivity index (χ4v) is 4.09. The van der Waals surface area contributed by atoms with E-state index >= 15 is 0 Å². The molecule has 0 N–H and O–H groups in total. The van der Waals surface area contributed by atoms with Gasteiger partial charge in [0.1, 0.15) is 17.3 Å². The lowest BCUT2D eigenvalue weighted by molar-refractivity contribution is 0.388. The number of methoxy groups -OCH3 is 2. The van der Waals surface area contributed by atoms with Gasteiger partial charge in [0.2, 0.25) is 5.65 Å². The first-order valence-corrected chi connectivity index (χ1v) is 9.48. The van der Waals surface area contributed by atoms with Gasteiger partial charge in [-0.25, -0.2) is 4.98 Å². The second kappa shape index (κ2) is 6.40. The van der Waals surface area contributed by atoms with Gasteiger partial charge in [-0.15, -0.1) is 10.2 Å². The Labute approximate surface area is 157 Å². The van der Waals surface area contributed by atoms with Crippen LogP contribution in [0, 0.1) is 0 Å². The van der Waals surface area contributed by atoms with Gasteiger partial charge in [0, 0.05) is 36.5 Å². The quantitative estimate of drug-likeness (QED) is 0.691. The summed E-state index contributed by atoms with van der Waals surface area (Å²) in [6.45, 7) is 0.943. The standard InChI is InChI=1S/C20H23N5O2/c1-26-14-7-8-15(17(12-14)27-2)16-4-3-10-24(16)19-20-23-22-18(13-5-6-13)25(20)11-9-21-19/h7-9,11-13,16H,3-6,10H2,1-2H3. The van der Waals surface area contributed by atoms with Crippen molar-refractivity contribution in [2.75, 3.05) is 25.7 Å². The van der Waals surface area contributed by atoms with Gasteiger partial charge in [0.15, 0.2) is 5.82 Å². The lowest BCUT2D eigenvalue weighted by Crippen LogP contribution is -2.24. The van der Waals surface area contributed by atoms with Crippen molar-refractivity contribution in [2.45, 2.75) is 37.6 Å². The fraction of sp³-hybridized carbons (Fsp3) is 0.450. The number of hydrogen-bond acceptors (Lipinski definition) is 6. The average molecular weight is 365 g/mol. The normalized spacial score (nSPS) is 19.6. The molecule has 3 aromatic rings. The maximum absolute atomic E-state index is 5.66. The smallest absolute Gasteiger partial charge is 0.203 e. The third-order valence-electron chi connectivity index (χ3n) is 5.60. The molecule has 1 aliphatic carbocycles. The van der Waals surface area contributed by atoms with Crippen LogP contribution in [0.3, 0.4) is 0 Å². The van der Waals surface area contributed by atoms with Crippen molar-refractivity contribution in [2.24, 2.45) is 0 Å². The van der Waals surface area contributed by atoms with Crippen molar-refractivity contribution in [1.82, 2.24) is 19.6 Å². The Bertz CT molecular complexity index is 982. The average Bonchev–Trinajstić information content (AvgIpc) is 3.28. The van der Waals surface area contributed by atoms with Crippen LogP contribution in [0.1, 0.15) is 49.0 Å². The predicted molar refractivity (Wildman–Crippen MR) is 102 cm³/mol. The molecule has 1 aromatic carbocycles. The summed E-state index contributed by atoms with van der Waals surface area (Å²) in [7, 11) is 3.38. The van der Waals surface area contributed by atoms with Gasteiger partial charge in [0.25, 0.3) is 0 Å². The highest BCUT2D eigenvalue weighted by Crippen LogP contribution is 2.43. The van der Waals surface area contributed by atoms with Crippen LogP contribution in [0.5, 0.6) is 11.5 Å². The van der Waals surface area contributed by atoms with Gasteiger partial charge in [-0.3, -0.25) is 4.40 Å². The summed E-state index contributed by atoms with van der Waals surface area (Å²) in [5.74, 6) is 4.15. The number of anilines is 1. The zero-order chi connectivity index (χ0) is 18.4. The zero-order valence-corrected chi connectivity index (χ0v) is 15.6. The van der Waals surface area contributed by atoms with Crippen molar-refractivity contribution in [1.29, 1.82) is 0 Å². The summed E-state index contributed by atoms with van der Waals surface area (Å²) >= 11 is 0. The van der Waals surface area contributed by atoms with Gasteiger partial charge in [-0.05, 0) is 37.8 Å². The topological polar surface area (TPSA) is 64.8 Å². The van der Waals surface area contributed by atoms with Crippen LogP contribution in [0.2, 0.25) is 0 Å². The highest BCUT2D eigenvalue weighted by atomic mass is 16.5. The van der Waals surface area contributed by atoms with E-state index in [4.69, 9.17) is 9.47 Å². The molecule has 2 aromatic heterocycles. The number of nitrogens with zero attached hydrogens (tertiary/aromatic N) is 5. The van der Waals surface area contributed by atoms with Crippen LogP contribution in [0.4, 0.5) is 5.82 Å². The highest BCUT2D eigenvalue weighted by Gasteiger charge is 2.33. The predicted octanol–water partition coefficient (Wildman–Crippen LogP) is 3.36. The van der Waals surface area contributed by atoms with E-state index in [0.29, 0.717) is 5.92 Å². The summed E-state index contributed by atoms with van der Waals surface area (Å²) in [6, 6.07) is 6.23. The van der Waals surface area contributed by atoms with E-state index in [0.717, 1.165) is 53.7 Å². The van der Waals surface area contributed by atoms with Gasteiger partial charge in [-0.2, -0.15) is 0 Å². The van der Waals surface area contributed by atoms with Crippen molar-refractivity contribution >= 4 is 11.5 Å². The molecular formula is C20H23N5O2. The van der Waals surface area contributed by atoms with Crippen LogP contribution in [0.25, 0.3) is 5.65 Å². The Morgan fingerprint density at radius 2 is 1.96 bits per heavy atom. The minimum Gasteiger partial charge on any atom is -0.497 e. The summed E-state index contributed by atoms with van der Waals surface area (Å²) in [4.78, 5) is 7.02.